The van der Waals surface area contributed by atoms with Crippen molar-refractivity contribution in [2.75, 3.05) is 0 Å². The van der Waals surface area contributed by atoms with Crippen LogP contribution in [0.5, 0.6) is 0 Å². The molecule has 0 saturated heterocycles. The molecule has 1 rings (SSSR count). The Bertz CT molecular complexity index is 253. The largest absolute Gasteiger partial charge is 0.550 e. The van der Waals surface area contributed by atoms with Gasteiger partial charge in [0, 0.05) is 5.97 Å². The fourth-order valence-electron chi connectivity index (χ4n) is 2.18. The SMILES string of the molecule is CC(N=C(N)N)C1CCC(C(=O)[O-])CC1. The monoisotopic (exact) mass is 212 g/mol. The summed E-state index contributed by atoms with van der Waals surface area (Å²) in [6.07, 6.45) is 3.07. The Morgan fingerprint density at radius 2 is 1.87 bits per heavy atom. The van der Waals surface area contributed by atoms with Crippen molar-refractivity contribution < 1.29 is 9.90 Å². The lowest BCUT2D eigenvalue weighted by Gasteiger charge is -2.31. The number of nitrogens with zero attached hydrogens (tertiary/aromatic N) is 1. The van der Waals surface area contributed by atoms with Crippen LogP contribution in [0.25, 0.3) is 0 Å². The van der Waals surface area contributed by atoms with Crippen molar-refractivity contribution in [3.63, 3.8) is 0 Å². The minimum atomic E-state index is -0.928. The van der Waals surface area contributed by atoms with E-state index in [9.17, 15) is 9.90 Å². The van der Waals surface area contributed by atoms with Crippen molar-refractivity contribution in [2.24, 2.45) is 28.3 Å². The smallest absolute Gasteiger partial charge is 0.186 e. The zero-order valence-electron chi connectivity index (χ0n) is 8.98. The lowest BCUT2D eigenvalue weighted by molar-refractivity contribution is -0.312. The Morgan fingerprint density at radius 1 is 1.33 bits per heavy atom. The molecule has 0 aromatic heterocycles. The van der Waals surface area contributed by atoms with E-state index in [0.29, 0.717) is 18.8 Å². The molecule has 1 fully saturated rings. The summed E-state index contributed by atoms with van der Waals surface area (Å²) < 4.78 is 0. The second-order valence-corrected chi connectivity index (χ2v) is 4.23. The van der Waals surface area contributed by atoms with Crippen molar-refractivity contribution in [1.82, 2.24) is 0 Å². The fourth-order valence-corrected chi connectivity index (χ4v) is 2.18. The normalized spacial score (nSPS) is 28.1. The van der Waals surface area contributed by atoms with Crippen LogP contribution in [0.2, 0.25) is 0 Å². The third kappa shape index (κ3) is 3.42. The van der Waals surface area contributed by atoms with Crippen molar-refractivity contribution in [1.29, 1.82) is 0 Å². The zero-order valence-corrected chi connectivity index (χ0v) is 8.98. The first-order valence-corrected chi connectivity index (χ1v) is 5.30. The van der Waals surface area contributed by atoms with Gasteiger partial charge in [-0.2, -0.15) is 0 Å². The van der Waals surface area contributed by atoms with Crippen LogP contribution in [0.1, 0.15) is 32.6 Å². The predicted molar refractivity (Wildman–Crippen MR) is 55.7 cm³/mol. The summed E-state index contributed by atoms with van der Waals surface area (Å²) in [4.78, 5) is 14.7. The number of guanidine groups is 1. The van der Waals surface area contributed by atoms with Crippen LogP contribution in [-0.4, -0.2) is 18.0 Å². The number of nitrogens with two attached hydrogens (primary N) is 2. The van der Waals surface area contributed by atoms with Crippen LogP contribution >= 0.6 is 0 Å². The highest BCUT2D eigenvalue weighted by Crippen LogP contribution is 2.31. The van der Waals surface area contributed by atoms with Crippen LogP contribution in [0.3, 0.4) is 0 Å². The van der Waals surface area contributed by atoms with Gasteiger partial charge in [-0.15, -0.1) is 0 Å². The molecule has 86 valence electrons. The summed E-state index contributed by atoms with van der Waals surface area (Å²) in [6.45, 7) is 1.96. The average molecular weight is 212 g/mol. The number of carboxylic acids is 1. The van der Waals surface area contributed by atoms with E-state index in [-0.39, 0.29) is 17.9 Å². The minimum absolute atomic E-state index is 0.0812. The van der Waals surface area contributed by atoms with Gasteiger partial charge in [0.15, 0.2) is 5.96 Å². The maximum absolute atomic E-state index is 10.6. The number of hydrogen-bond acceptors (Lipinski definition) is 3. The second kappa shape index (κ2) is 5.00. The number of aliphatic carboxylic acids is 1. The molecule has 0 aliphatic heterocycles. The molecule has 0 radical (unpaired) electrons. The van der Waals surface area contributed by atoms with E-state index in [0.717, 1.165) is 12.8 Å². The van der Waals surface area contributed by atoms with Gasteiger partial charge < -0.3 is 21.4 Å². The first-order valence-electron chi connectivity index (χ1n) is 5.30. The van der Waals surface area contributed by atoms with E-state index >= 15 is 0 Å². The number of aliphatic imine (C=N–C) groups is 1. The van der Waals surface area contributed by atoms with Gasteiger partial charge in [0.2, 0.25) is 0 Å². The van der Waals surface area contributed by atoms with Crippen LogP contribution in [0.4, 0.5) is 0 Å². The van der Waals surface area contributed by atoms with Gasteiger partial charge in [0.25, 0.3) is 0 Å². The molecular formula is C10H18N3O2-. The fraction of sp³-hybridized carbons (Fsp3) is 0.800. The topological polar surface area (TPSA) is 105 Å². The number of carboxylic acid groups (broad SMARTS) is 1. The highest BCUT2D eigenvalue weighted by molar-refractivity contribution is 5.75. The van der Waals surface area contributed by atoms with Gasteiger partial charge in [0.1, 0.15) is 0 Å². The Balaban J connectivity index is 2.43. The number of rotatable bonds is 3. The van der Waals surface area contributed by atoms with Gasteiger partial charge in [-0.1, -0.05) is 0 Å². The van der Waals surface area contributed by atoms with E-state index < -0.39 is 5.97 Å². The molecule has 0 aromatic carbocycles. The molecule has 5 nitrogen and oxygen atoms in total. The second-order valence-electron chi connectivity index (χ2n) is 4.23. The molecule has 15 heavy (non-hydrogen) atoms. The first-order chi connectivity index (χ1) is 7.00. The molecule has 0 bridgehead atoms. The number of carbonyl (C=O) groups is 1. The summed E-state index contributed by atoms with van der Waals surface area (Å²) in [5, 5.41) is 10.6. The lowest BCUT2D eigenvalue weighted by Crippen LogP contribution is -2.36. The highest BCUT2D eigenvalue weighted by atomic mass is 16.4. The van der Waals surface area contributed by atoms with E-state index in [1.54, 1.807) is 0 Å². The third-order valence-corrected chi connectivity index (χ3v) is 3.14. The molecule has 5 heteroatoms. The van der Waals surface area contributed by atoms with Gasteiger partial charge in [-0.05, 0) is 44.4 Å². The molecule has 1 atom stereocenters. The summed E-state index contributed by atoms with van der Waals surface area (Å²) in [7, 11) is 0. The Labute approximate surface area is 89.5 Å². The van der Waals surface area contributed by atoms with E-state index in [4.69, 9.17) is 11.5 Å². The van der Waals surface area contributed by atoms with Gasteiger partial charge in [0.05, 0.1) is 6.04 Å². The van der Waals surface area contributed by atoms with Crippen molar-refractivity contribution in [3.05, 3.63) is 0 Å². The molecule has 0 aromatic rings. The van der Waals surface area contributed by atoms with Crippen LogP contribution in [-0.2, 0) is 4.79 Å². The molecule has 0 heterocycles. The summed E-state index contributed by atoms with van der Waals surface area (Å²) in [5.41, 5.74) is 10.6. The van der Waals surface area contributed by atoms with Crippen LogP contribution in [0.15, 0.2) is 4.99 Å². The van der Waals surface area contributed by atoms with E-state index in [1.165, 1.54) is 0 Å². The van der Waals surface area contributed by atoms with Crippen molar-refractivity contribution in [3.8, 4) is 0 Å². The molecule has 1 aliphatic carbocycles. The van der Waals surface area contributed by atoms with Crippen LogP contribution in [0, 0.1) is 11.8 Å². The van der Waals surface area contributed by atoms with E-state index in [2.05, 4.69) is 4.99 Å². The van der Waals surface area contributed by atoms with Crippen molar-refractivity contribution in [2.45, 2.75) is 38.6 Å². The molecular weight excluding hydrogens is 194 g/mol. The van der Waals surface area contributed by atoms with E-state index in [1.807, 2.05) is 6.92 Å². The summed E-state index contributed by atoms with van der Waals surface area (Å²) in [6, 6.07) is 0.0812. The first kappa shape index (κ1) is 11.8. The molecule has 1 unspecified atom stereocenters. The Kier molecular flexibility index (Phi) is 3.94. The summed E-state index contributed by atoms with van der Waals surface area (Å²) >= 11 is 0. The van der Waals surface area contributed by atoms with Gasteiger partial charge in [-0.25, -0.2) is 0 Å². The molecule has 0 spiro atoms. The minimum Gasteiger partial charge on any atom is -0.550 e. The zero-order chi connectivity index (χ0) is 11.4. The Hall–Kier alpha value is -1.26. The third-order valence-electron chi connectivity index (χ3n) is 3.14. The molecule has 0 amide bonds. The van der Waals surface area contributed by atoms with Gasteiger partial charge >= 0.3 is 0 Å². The van der Waals surface area contributed by atoms with Crippen molar-refractivity contribution >= 4 is 11.9 Å². The van der Waals surface area contributed by atoms with Gasteiger partial charge in [-0.3, -0.25) is 4.99 Å². The highest BCUT2D eigenvalue weighted by Gasteiger charge is 2.25. The maximum atomic E-state index is 10.6. The lowest BCUT2D eigenvalue weighted by atomic mass is 9.79. The molecule has 1 aliphatic rings. The molecule has 1 saturated carbocycles. The van der Waals surface area contributed by atoms with Crippen LogP contribution < -0.4 is 16.6 Å². The average Bonchev–Trinajstić information content (AvgIpc) is 2.17. The molecule has 4 N–H and O–H groups in total. The number of hydrogen-bond donors (Lipinski definition) is 2. The summed E-state index contributed by atoms with van der Waals surface area (Å²) in [5.74, 6) is -0.720. The standard InChI is InChI=1S/C10H19N3O2/c1-6(13-10(11)12)7-2-4-8(5-3-7)9(14)15/h6-8H,2-5H2,1H3,(H,14,15)(H4,11,12,13)/p-1. The maximum Gasteiger partial charge on any atom is 0.186 e. The predicted octanol–water partition coefficient (Wildman–Crippen LogP) is -0.795. The Morgan fingerprint density at radius 3 is 2.27 bits per heavy atom. The quantitative estimate of drug-likeness (QED) is 0.472. The number of carbonyl (C=O) groups excluding carboxylic acids is 1.